The summed E-state index contributed by atoms with van der Waals surface area (Å²) in [5, 5.41) is 28.8. The van der Waals surface area contributed by atoms with E-state index in [4.69, 9.17) is 4.98 Å². The Labute approximate surface area is 218 Å². The van der Waals surface area contributed by atoms with E-state index in [9.17, 15) is 23.4 Å². The topological polar surface area (TPSA) is 103 Å². The number of nitrogens with one attached hydrogen (secondary N) is 1. The summed E-state index contributed by atoms with van der Waals surface area (Å²) in [6, 6.07) is 5.38. The number of fused-ring (bicyclic) bond motifs is 1. The fourth-order valence-electron chi connectivity index (χ4n) is 5.72. The van der Waals surface area contributed by atoms with Gasteiger partial charge in [-0.05, 0) is 57.7 Å². The van der Waals surface area contributed by atoms with E-state index < -0.39 is 22.9 Å². The first kappa shape index (κ1) is 25.3. The van der Waals surface area contributed by atoms with Crippen molar-refractivity contribution in [3.05, 3.63) is 36.0 Å². The summed E-state index contributed by atoms with van der Waals surface area (Å²) in [4.78, 5) is 14.0. The number of rotatable bonds is 5. The number of aliphatic hydroxyl groups is 2. The lowest BCUT2D eigenvalue weighted by molar-refractivity contribution is -0.137. The second kappa shape index (κ2) is 8.78. The maximum Gasteiger partial charge on any atom is 0.416 e. The Balaban J connectivity index is 1.31. The molecule has 1 saturated carbocycles. The van der Waals surface area contributed by atoms with Crippen LogP contribution in [0.2, 0.25) is 0 Å². The predicted molar refractivity (Wildman–Crippen MR) is 136 cm³/mol. The van der Waals surface area contributed by atoms with Gasteiger partial charge in [-0.3, -0.25) is 4.90 Å². The molecule has 204 valence electrons. The van der Waals surface area contributed by atoms with Gasteiger partial charge in [0.05, 0.1) is 34.0 Å². The molecule has 2 saturated heterocycles. The van der Waals surface area contributed by atoms with E-state index in [0.717, 1.165) is 51.2 Å². The van der Waals surface area contributed by atoms with Gasteiger partial charge >= 0.3 is 6.18 Å². The highest BCUT2D eigenvalue weighted by Gasteiger charge is 2.40. The van der Waals surface area contributed by atoms with Crippen LogP contribution in [0.1, 0.15) is 45.1 Å². The molecule has 0 bridgehead atoms. The Morgan fingerprint density at radius 3 is 2.39 bits per heavy atom. The molecule has 1 aliphatic carbocycles. The number of nitrogens with zero attached hydrogens (tertiary/aromatic N) is 6. The molecule has 6 rings (SSSR count). The molecule has 12 heteroatoms. The summed E-state index contributed by atoms with van der Waals surface area (Å²) < 4.78 is 41.6. The third-order valence-corrected chi connectivity index (χ3v) is 8.09. The number of halogens is 3. The average Bonchev–Trinajstić information content (AvgIpc) is 3.21. The number of hydrogen-bond donors (Lipinski definition) is 3. The van der Waals surface area contributed by atoms with E-state index in [-0.39, 0.29) is 11.7 Å². The molecule has 4 heterocycles. The van der Waals surface area contributed by atoms with Crippen LogP contribution in [0, 0.1) is 0 Å². The van der Waals surface area contributed by atoms with Crippen LogP contribution in [-0.2, 0) is 6.18 Å². The highest BCUT2D eigenvalue weighted by Crippen LogP contribution is 2.37. The van der Waals surface area contributed by atoms with Crippen LogP contribution in [0.4, 0.5) is 24.9 Å². The lowest BCUT2D eigenvalue weighted by Crippen LogP contribution is -2.62. The minimum atomic E-state index is -4.47. The van der Waals surface area contributed by atoms with Crippen molar-refractivity contribution in [1.29, 1.82) is 0 Å². The molecule has 3 aromatic rings. The zero-order valence-electron chi connectivity index (χ0n) is 21.4. The van der Waals surface area contributed by atoms with Gasteiger partial charge in [-0.15, -0.1) is 0 Å². The molecule has 0 atom stereocenters. The van der Waals surface area contributed by atoms with Gasteiger partial charge < -0.3 is 20.4 Å². The molecule has 1 aromatic carbocycles. The lowest BCUT2D eigenvalue weighted by atomic mass is 9.77. The summed E-state index contributed by atoms with van der Waals surface area (Å²) in [6.45, 7) is 6.84. The van der Waals surface area contributed by atoms with E-state index >= 15 is 0 Å². The summed E-state index contributed by atoms with van der Waals surface area (Å²) in [5.74, 6) is 1.04. The van der Waals surface area contributed by atoms with Gasteiger partial charge in [0.1, 0.15) is 5.82 Å². The van der Waals surface area contributed by atoms with Crippen LogP contribution in [0.15, 0.2) is 30.5 Å². The highest BCUT2D eigenvalue weighted by atomic mass is 19.4. The van der Waals surface area contributed by atoms with Crippen molar-refractivity contribution in [3.63, 3.8) is 0 Å². The van der Waals surface area contributed by atoms with Gasteiger partial charge in [-0.1, -0.05) is 6.07 Å². The third kappa shape index (κ3) is 4.80. The van der Waals surface area contributed by atoms with Crippen LogP contribution in [0.5, 0.6) is 0 Å². The molecule has 38 heavy (non-hydrogen) atoms. The average molecular weight is 532 g/mol. The molecule has 0 radical (unpaired) electrons. The molecule has 3 fully saturated rings. The Morgan fingerprint density at radius 1 is 1.03 bits per heavy atom. The van der Waals surface area contributed by atoms with Gasteiger partial charge in [0.2, 0.25) is 5.95 Å². The zero-order valence-corrected chi connectivity index (χ0v) is 21.4. The minimum Gasteiger partial charge on any atom is -0.390 e. The van der Waals surface area contributed by atoms with Crippen LogP contribution < -0.4 is 10.2 Å². The molecule has 0 amide bonds. The smallest absolute Gasteiger partial charge is 0.390 e. The van der Waals surface area contributed by atoms with Crippen molar-refractivity contribution in [3.8, 4) is 5.69 Å². The molecule has 0 unspecified atom stereocenters. The summed E-state index contributed by atoms with van der Waals surface area (Å²) >= 11 is 0. The number of piperidine rings is 1. The Bertz CT molecular complexity index is 1330. The van der Waals surface area contributed by atoms with Crippen LogP contribution in [0.3, 0.4) is 0 Å². The van der Waals surface area contributed by atoms with Crippen molar-refractivity contribution in [2.24, 2.45) is 0 Å². The summed E-state index contributed by atoms with van der Waals surface area (Å²) in [6.07, 6.45) is -0.271. The monoisotopic (exact) mass is 531 g/mol. The molecular weight excluding hydrogens is 499 g/mol. The Kier molecular flexibility index (Phi) is 5.85. The Hall–Kier alpha value is -2.96. The quantitative estimate of drug-likeness (QED) is 0.462. The number of hydrogen-bond acceptors (Lipinski definition) is 8. The van der Waals surface area contributed by atoms with E-state index in [1.807, 2.05) is 6.92 Å². The normalized spacial score (nSPS) is 26.3. The van der Waals surface area contributed by atoms with Crippen molar-refractivity contribution in [1.82, 2.24) is 24.6 Å². The number of alkyl halides is 3. The number of anilines is 2. The van der Waals surface area contributed by atoms with Gasteiger partial charge in [-0.25, -0.2) is 4.68 Å². The molecule has 9 nitrogen and oxygen atoms in total. The number of likely N-dealkylation sites (tertiary alicyclic amines) is 1. The molecule has 3 aliphatic rings. The number of benzene rings is 1. The predicted octanol–water partition coefficient (Wildman–Crippen LogP) is 3.20. The third-order valence-electron chi connectivity index (χ3n) is 8.09. The maximum absolute atomic E-state index is 13.4. The maximum atomic E-state index is 13.4. The molecule has 2 aliphatic heterocycles. The SMILES string of the molecule is CC1(O)CCN(C2CN(c3nc(N[C@H]4C[C@@](C)(O)C4)nc4c3cnn4-c3cccc(C(F)(F)F)c3)C2)CC1. The first-order valence-corrected chi connectivity index (χ1v) is 13.0. The minimum absolute atomic E-state index is 0.00510. The van der Waals surface area contributed by atoms with Crippen molar-refractivity contribution in [2.75, 3.05) is 36.4 Å². The van der Waals surface area contributed by atoms with E-state index in [2.05, 4.69) is 25.2 Å². The summed E-state index contributed by atoms with van der Waals surface area (Å²) in [5.41, 5.74) is -1.41. The van der Waals surface area contributed by atoms with Crippen molar-refractivity contribution >= 4 is 22.8 Å². The van der Waals surface area contributed by atoms with Crippen molar-refractivity contribution < 1.29 is 23.4 Å². The van der Waals surface area contributed by atoms with Crippen LogP contribution in [0.25, 0.3) is 16.7 Å². The second-order valence-corrected chi connectivity index (χ2v) is 11.6. The standard InChI is InChI=1S/C26H32F3N7O2/c1-24(37)6-8-34(9-7-24)19-14-35(15-19)21-20-13-30-36(18-5-3-4-16(10-18)26(27,28)29)22(20)33-23(32-21)31-17-11-25(2,38)12-17/h3-5,10,13,17,19,37-38H,6-9,11-12,14-15H2,1-2H3,(H,31,32,33)/t17-,25+. The lowest BCUT2D eigenvalue weighted by Gasteiger charge is -2.49. The van der Waals surface area contributed by atoms with Gasteiger partial charge in [0, 0.05) is 38.3 Å². The number of aromatic nitrogens is 4. The fourth-order valence-corrected chi connectivity index (χ4v) is 5.72. The van der Waals surface area contributed by atoms with Crippen LogP contribution >= 0.6 is 0 Å². The fraction of sp³-hybridized carbons (Fsp3) is 0.577. The van der Waals surface area contributed by atoms with E-state index in [1.54, 1.807) is 19.2 Å². The van der Waals surface area contributed by atoms with Crippen LogP contribution in [-0.4, -0.2) is 84.3 Å². The van der Waals surface area contributed by atoms with E-state index in [1.165, 1.54) is 10.7 Å². The molecular formula is C26H32F3N7O2. The van der Waals surface area contributed by atoms with Crippen molar-refractivity contribution in [2.45, 2.75) is 69.0 Å². The van der Waals surface area contributed by atoms with Gasteiger partial charge in [0.15, 0.2) is 5.65 Å². The largest absolute Gasteiger partial charge is 0.416 e. The molecule has 3 N–H and O–H groups in total. The molecule has 0 spiro atoms. The second-order valence-electron chi connectivity index (χ2n) is 11.6. The zero-order chi connectivity index (χ0) is 26.9. The first-order chi connectivity index (χ1) is 17.9. The molecule has 2 aromatic heterocycles. The first-order valence-electron chi connectivity index (χ1n) is 13.0. The highest BCUT2D eigenvalue weighted by molar-refractivity contribution is 5.89. The van der Waals surface area contributed by atoms with Gasteiger partial charge in [0.25, 0.3) is 0 Å². The Morgan fingerprint density at radius 2 is 1.74 bits per heavy atom. The summed E-state index contributed by atoms with van der Waals surface area (Å²) in [7, 11) is 0. The van der Waals surface area contributed by atoms with Gasteiger partial charge in [-0.2, -0.15) is 28.2 Å². The van der Waals surface area contributed by atoms with E-state index in [0.29, 0.717) is 41.7 Å².